The van der Waals surface area contributed by atoms with E-state index in [4.69, 9.17) is 34.8 Å². The lowest BCUT2D eigenvalue weighted by Crippen LogP contribution is -2.23. The topological polar surface area (TPSA) is 30.7 Å². The Morgan fingerprint density at radius 3 is 1.94 bits per heavy atom. The van der Waals surface area contributed by atoms with E-state index >= 15 is 0 Å². The van der Waals surface area contributed by atoms with Crippen LogP contribution in [0.15, 0.2) is 0 Å². The van der Waals surface area contributed by atoms with Crippen molar-refractivity contribution in [3.8, 4) is 0 Å². The summed E-state index contributed by atoms with van der Waals surface area (Å²) in [5.41, 5.74) is 1.11. The van der Waals surface area contributed by atoms with Gasteiger partial charge in [0.2, 0.25) is 3.79 Å². The molecule has 1 rings (SSSR count). The highest BCUT2D eigenvalue weighted by atomic mass is 35.6. The lowest BCUT2D eigenvalue weighted by molar-refractivity contribution is 0.438. The summed E-state index contributed by atoms with van der Waals surface area (Å²) in [6.45, 7) is 10.2. The molecule has 3 nitrogen and oxygen atoms in total. The van der Waals surface area contributed by atoms with Crippen LogP contribution < -0.4 is 0 Å². The molecular weight excluding hydrogens is 268 g/mol. The molecule has 1 aromatic heterocycles. The first-order chi connectivity index (χ1) is 7.05. The van der Waals surface area contributed by atoms with Crippen LogP contribution in [0.4, 0.5) is 0 Å². The number of hydrogen-bond donors (Lipinski definition) is 0. The zero-order valence-corrected chi connectivity index (χ0v) is 12.3. The van der Waals surface area contributed by atoms with Gasteiger partial charge in [-0.15, -0.1) is 5.10 Å². The van der Waals surface area contributed by atoms with Crippen molar-refractivity contribution in [2.45, 2.75) is 49.9 Å². The second-order valence-corrected chi connectivity index (χ2v) is 7.35. The normalized spacial score (nSPS) is 13.6. The molecule has 0 aliphatic heterocycles. The highest BCUT2D eigenvalue weighted by Gasteiger charge is 2.36. The molecule has 0 aliphatic rings. The lowest BCUT2D eigenvalue weighted by atomic mass is 9.90. The maximum atomic E-state index is 5.90. The van der Waals surface area contributed by atoms with Gasteiger partial charge < -0.3 is 0 Å². The molecule has 0 radical (unpaired) electrons. The quantitative estimate of drug-likeness (QED) is 0.730. The Hall–Kier alpha value is 0.01000. The van der Waals surface area contributed by atoms with E-state index in [-0.39, 0.29) is 11.5 Å². The third-order valence-electron chi connectivity index (χ3n) is 2.16. The maximum absolute atomic E-state index is 5.90. The Bertz CT molecular complexity index is 372. The van der Waals surface area contributed by atoms with Crippen molar-refractivity contribution in [2.24, 2.45) is 0 Å². The second kappa shape index (κ2) is 4.35. The number of aromatic nitrogens is 3. The van der Waals surface area contributed by atoms with Gasteiger partial charge in [-0.1, -0.05) is 60.8 Å². The van der Waals surface area contributed by atoms with Crippen molar-refractivity contribution in [1.82, 2.24) is 15.0 Å². The van der Waals surface area contributed by atoms with E-state index in [1.165, 1.54) is 0 Å². The summed E-state index contributed by atoms with van der Waals surface area (Å²) in [6.07, 6.45) is 0. The van der Waals surface area contributed by atoms with Crippen LogP contribution in [0.3, 0.4) is 0 Å². The third-order valence-corrected chi connectivity index (χ3v) is 2.70. The number of hydrogen-bond acceptors (Lipinski definition) is 2. The molecular formula is C10H16Cl3N3. The van der Waals surface area contributed by atoms with Crippen LogP contribution in [-0.4, -0.2) is 15.0 Å². The molecule has 0 fully saturated rings. The average molecular weight is 285 g/mol. The molecule has 0 bridgehead atoms. The Kier molecular flexibility index (Phi) is 3.83. The van der Waals surface area contributed by atoms with Gasteiger partial charge in [0.15, 0.2) is 0 Å². The van der Waals surface area contributed by atoms with Gasteiger partial charge in [-0.05, 0) is 13.8 Å². The number of halogens is 3. The van der Waals surface area contributed by atoms with E-state index in [1.54, 1.807) is 4.68 Å². The fourth-order valence-corrected chi connectivity index (χ4v) is 1.93. The molecule has 0 amide bonds. The first kappa shape index (κ1) is 14.1. The van der Waals surface area contributed by atoms with Gasteiger partial charge in [0, 0.05) is 11.5 Å². The first-order valence-electron chi connectivity index (χ1n) is 5.08. The van der Waals surface area contributed by atoms with Crippen LogP contribution >= 0.6 is 34.8 Å². The minimum atomic E-state index is -1.53. The van der Waals surface area contributed by atoms with Gasteiger partial charge >= 0.3 is 0 Å². The van der Waals surface area contributed by atoms with E-state index in [0.717, 1.165) is 5.69 Å². The van der Waals surface area contributed by atoms with Gasteiger partial charge in [0.1, 0.15) is 5.69 Å². The lowest BCUT2D eigenvalue weighted by Gasteiger charge is -2.24. The van der Waals surface area contributed by atoms with Crippen LogP contribution in [0.25, 0.3) is 0 Å². The summed E-state index contributed by atoms with van der Waals surface area (Å²) < 4.78 is 0.271. The summed E-state index contributed by atoms with van der Waals surface area (Å²) in [7, 11) is 0. The predicted octanol–water partition coefficient (Wildman–Crippen LogP) is 3.98. The molecule has 0 N–H and O–H groups in total. The van der Waals surface area contributed by atoms with Crippen molar-refractivity contribution in [3.05, 3.63) is 11.4 Å². The van der Waals surface area contributed by atoms with Gasteiger partial charge in [0.05, 0.1) is 5.69 Å². The van der Waals surface area contributed by atoms with Crippen LogP contribution in [0.1, 0.15) is 52.0 Å². The van der Waals surface area contributed by atoms with Crippen LogP contribution in [0.2, 0.25) is 0 Å². The van der Waals surface area contributed by atoms with E-state index in [2.05, 4.69) is 10.3 Å². The Morgan fingerprint density at radius 2 is 1.62 bits per heavy atom. The Balaban J connectivity index is 3.44. The van der Waals surface area contributed by atoms with E-state index in [0.29, 0.717) is 5.69 Å². The maximum Gasteiger partial charge on any atom is 0.236 e. The highest BCUT2D eigenvalue weighted by Crippen LogP contribution is 2.42. The highest BCUT2D eigenvalue weighted by molar-refractivity contribution is 6.66. The van der Waals surface area contributed by atoms with Gasteiger partial charge in [-0.3, -0.25) is 0 Å². The van der Waals surface area contributed by atoms with Gasteiger partial charge in [-0.25, -0.2) is 4.68 Å². The fourth-order valence-electron chi connectivity index (χ4n) is 1.54. The van der Waals surface area contributed by atoms with Crippen molar-refractivity contribution in [3.63, 3.8) is 0 Å². The molecule has 0 saturated heterocycles. The summed E-state index contributed by atoms with van der Waals surface area (Å²) in [4.78, 5) is 0. The Morgan fingerprint density at radius 1 is 1.12 bits per heavy atom. The van der Waals surface area contributed by atoms with Crippen molar-refractivity contribution in [1.29, 1.82) is 0 Å². The molecule has 1 aromatic rings. The molecule has 0 aromatic carbocycles. The summed E-state index contributed by atoms with van der Waals surface area (Å²) in [5.74, 6) is 0. The molecule has 16 heavy (non-hydrogen) atoms. The largest absolute Gasteiger partial charge is 0.246 e. The van der Waals surface area contributed by atoms with Crippen molar-refractivity contribution < 1.29 is 0 Å². The fraction of sp³-hybridized carbons (Fsp3) is 0.800. The number of rotatable bonds is 1. The summed E-state index contributed by atoms with van der Waals surface area (Å²) >= 11 is 17.7. The predicted molar refractivity (Wildman–Crippen MR) is 68.3 cm³/mol. The SMILES string of the molecule is CC(C)n1nnc(C(Cl)(Cl)Cl)c1C(C)(C)C. The molecule has 6 heteroatoms. The smallest absolute Gasteiger partial charge is 0.236 e. The van der Waals surface area contributed by atoms with Gasteiger partial charge in [0.25, 0.3) is 0 Å². The van der Waals surface area contributed by atoms with Crippen LogP contribution in [0.5, 0.6) is 0 Å². The summed E-state index contributed by atoms with van der Waals surface area (Å²) in [6, 6.07) is 0.183. The van der Waals surface area contributed by atoms with Crippen LogP contribution in [-0.2, 0) is 9.21 Å². The van der Waals surface area contributed by atoms with Crippen molar-refractivity contribution in [2.75, 3.05) is 0 Å². The molecule has 0 aliphatic carbocycles. The molecule has 0 atom stereocenters. The molecule has 0 saturated carbocycles. The third kappa shape index (κ3) is 2.82. The minimum absolute atomic E-state index is 0.174. The average Bonchev–Trinajstić information content (AvgIpc) is 2.43. The van der Waals surface area contributed by atoms with Crippen LogP contribution in [0, 0.1) is 0 Å². The zero-order valence-electron chi connectivity index (χ0n) is 10.1. The first-order valence-corrected chi connectivity index (χ1v) is 6.21. The Labute approximate surface area is 111 Å². The van der Waals surface area contributed by atoms with E-state index < -0.39 is 3.79 Å². The molecule has 0 spiro atoms. The second-order valence-electron chi connectivity index (χ2n) is 5.07. The van der Waals surface area contributed by atoms with E-state index in [9.17, 15) is 0 Å². The summed E-state index contributed by atoms with van der Waals surface area (Å²) in [5, 5.41) is 8.05. The standard InChI is InChI=1S/C10H16Cl3N3/c1-6(2)16-8(9(3,4)5)7(14-15-16)10(11,12)13/h6H,1-5H3. The number of alkyl halides is 3. The molecule has 0 unspecified atom stereocenters. The minimum Gasteiger partial charge on any atom is -0.246 e. The zero-order chi connectivity index (χ0) is 12.7. The molecule has 92 valence electrons. The van der Waals surface area contributed by atoms with Crippen molar-refractivity contribution >= 4 is 34.8 Å². The monoisotopic (exact) mass is 283 g/mol. The molecule has 1 heterocycles. The van der Waals surface area contributed by atoms with Gasteiger partial charge in [-0.2, -0.15) is 0 Å². The van der Waals surface area contributed by atoms with E-state index in [1.807, 2.05) is 34.6 Å². The number of nitrogens with zero attached hydrogens (tertiary/aromatic N) is 3.